The second-order valence-corrected chi connectivity index (χ2v) is 11.6. The first-order chi connectivity index (χ1) is 22.0. The highest BCUT2D eigenvalue weighted by Gasteiger charge is 2.29. The highest BCUT2D eigenvalue weighted by molar-refractivity contribution is 5.90. The standard InChI is InChI=1S/C40H40N2O3/c1-29(2)27-28-45-35-25-23-34(24-26-35)38(41-39(43)36(30-15-7-3-8-16-30)31-17-9-4-10-18-31)42-40(44)37(32-19-11-5-12-20-32)33-21-13-6-14-22-33/h3-26,29,36-38H,27-28H2,1-2H3,(H,41,43)(H,42,44). The molecular weight excluding hydrogens is 556 g/mol. The Balaban J connectivity index is 1.47. The summed E-state index contributed by atoms with van der Waals surface area (Å²) in [6, 6.07) is 46.4. The summed E-state index contributed by atoms with van der Waals surface area (Å²) in [4.78, 5) is 28.4. The molecule has 0 heterocycles. The second-order valence-electron chi connectivity index (χ2n) is 11.6. The normalized spacial score (nSPS) is 11.2. The van der Waals surface area contributed by atoms with Crippen molar-refractivity contribution in [2.45, 2.75) is 38.3 Å². The van der Waals surface area contributed by atoms with Crippen molar-refractivity contribution in [3.05, 3.63) is 173 Å². The Hall–Kier alpha value is -5.16. The van der Waals surface area contributed by atoms with Crippen LogP contribution in [0.4, 0.5) is 0 Å². The van der Waals surface area contributed by atoms with Crippen LogP contribution in [0.1, 0.15) is 66.1 Å². The number of carbonyl (C=O) groups is 2. The van der Waals surface area contributed by atoms with Crippen LogP contribution in [0.15, 0.2) is 146 Å². The molecule has 45 heavy (non-hydrogen) atoms. The number of rotatable bonds is 13. The van der Waals surface area contributed by atoms with E-state index in [9.17, 15) is 9.59 Å². The minimum atomic E-state index is -0.792. The molecule has 5 aromatic carbocycles. The van der Waals surface area contributed by atoms with Crippen LogP contribution in [0.2, 0.25) is 0 Å². The van der Waals surface area contributed by atoms with Crippen molar-refractivity contribution in [3.63, 3.8) is 0 Å². The zero-order chi connectivity index (χ0) is 31.4. The average Bonchev–Trinajstić information content (AvgIpc) is 3.07. The molecule has 0 atom stereocenters. The summed E-state index contributed by atoms with van der Waals surface area (Å²) < 4.78 is 5.95. The lowest BCUT2D eigenvalue weighted by atomic mass is 9.89. The fourth-order valence-corrected chi connectivity index (χ4v) is 5.40. The van der Waals surface area contributed by atoms with Gasteiger partial charge in [0.05, 0.1) is 18.4 Å². The van der Waals surface area contributed by atoms with Gasteiger partial charge in [0.1, 0.15) is 11.9 Å². The fourth-order valence-electron chi connectivity index (χ4n) is 5.40. The van der Waals surface area contributed by atoms with Crippen LogP contribution < -0.4 is 15.4 Å². The lowest BCUT2D eigenvalue weighted by Gasteiger charge is -2.27. The monoisotopic (exact) mass is 596 g/mol. The summed E-state index contributed by atoms with van der Waals surface area (Å²) in [7, 11) is 0. The predicted molar refractivity (Wildman–Crippen MR) is 180 cm³/mol. The number of nitrogens with one attached hydrogen (secondary N) is 2. The van der Waals surface area contributed by atoms with Crippen LogP contribution in [-0.2, 0) is 9.59 Å². The van der Waals surface area contributed by atoms with E-state index in [4.69, 9.17) is 4.74 Å². The second kappa shape index (κ2) is 15.5. The van der Waals surface area contributed by atoms with E-state index in [2.05, 4.69) is 24.5 Å². The quantitative estimate of drug-likeness (QED) is 0.135. The molecule has 2 amide bonds. The molecule has 0 aliphatic heterocycles. The van der Waals surface area contributed by atoms with Gasteiger partial charge in [-0.2, -0.15) is 0 Å². The van der Waals surface area contributed by atoms with Gasteiger partial charge in [-0.3, -0.25) is 9.59 Å². The van der Waals surface area contributed by atoms with Crippen LogP contribution in [0.25, 0.3) is 0 Å². The zero-order valence-corrected chi connectivity index (χ0v) is 25.8. The molecule has 0 saturated carbocycles. The minimum Gasteiger partial charge on any atom is -0.494 e. The molecule has 2 N–H and O–H groups in total. The Morgan fingerprint density at radius 3 is 1.20 bits per heavy atom. The van der Waals surface area contributed by atoms with Gasteiger partial charge in [0.25, 0.3) is 0 Å². The summed E-state index contributed by atoms with van der Waals surface area (Å²) in [6.07, 6.45) is 0.163. The minimum absolute atomic E-state index is 0.217. The van der Waals surface area contributed by atoms with Crippen LogP contribution >= 0.6 is 0 Å². The maximum Gasteiger partial charge on any atom is 0.233 e. The SMILES string of the molecule is CC(C)CCOc1ccc(C(NC(=O)C(c2ccccc2)c2ccccc2)NC(=O)C(c2ccccc2)c2ccccc2)cc1. The van der Waals surface area contributed by atoms with Gasteiger partial charge in [-0.15, -0.1) is 0 Å². The van der Waals surface area contributed by atoms with E-state index < -0.39 is 18.0 Å². The van der Waals surface area contributed by atoms with E-state index in [-0.39, 0.29) is 11.8 Å². The topological polar surface area (TPSA) is 67.4 Å². The van der Waals surface area contributed by atoms with Crippen LogP contribution in [-0.4, -0.2) is 18.4 Å². The van der Waals surface area contributed by atoms with Gasteiger partial charge in [0.2, 0.25) is 11.8 Å². The smallest absolute Gasteiger partial charge is 0.233 e. The zero-order valence-electron chi connectivity index (χ0n) is 25.8. The Morgan fingerprint density at radius 1 is 0.511 bits per heavy atom. The van der Waals surface area contributed by atoms with Crippen molar-refractivity contribution in [3.8, 4) is 5.75 Å². The predicted octanol–water partition coefficient (Wildman–Crippen LogP) is 8.01. The summed E-state index contributed by atoms with van der Waals surface area (Å²) in [5.41, 5.74) is 4.21. The fraction of sp³-hybridized carbons (Fsp3) is 0.200. The van der Waals surface area contributed by atoms with Crippen LogP contribution in [0.3, 0.4) is 0 Å². The number of amides is 2. The number of hydrogen-bond donors (Lipinski definition) is 2. The number of hydrogen-bond acceptors (Lipinski definition) is 3. The lowest BCUT2D eigenvalue weighted by Crippen LogP contribution is -2.44. The molecular formula is C40H40N2O3. The van der Waals surface area contributed by atoms with Crippen molar-refractivity contribution in [1.29, 1.82) is 0 Å². The molecule has 0 radical (unpaired) electrons. The van der Waals surface area contributed by atoms with Gasteiger partial charge < -0.3 is 15.4 Å². The summed E-state index contributed by atoms with van der Waals surface area (Å²) in [5.74, 6) is -0.275. The van der Waals surface area contributed by atoms with Crippen molar-refractivity contribution >= 4 is 11.8 Å². The highest BCUT2D eigenvalue weighted by atomic mass is 16.5. The Bertz CT molecular complexity index is 1450. The van der Waals surface area contributed by atoms with Crippen molar-refractivity contribution in [2.75, 3.05) is 6.61 Å². The summed E-state index contributed by atoms with van der Waals surface area (Å²) in [6.45, 7) is 4.96. The van der Waals surface area contributed by atoms with Crippen LogP contribution in [0.5, 0.6) is 5.75 Å². The number of carbonyl (C=O) groups excluding carboxylic acids is 2. The third kappa shape index (κ3) is 8.48. The average molecular weight is 597 g/mol. The van der Waals surface area contributed by atoms with Gasteiger partial charge in [-0.25, -0.2) is 0 Å². The van der Waals surface area contributed by atoms with Gasteiger partial charge in [-0.05, 0) is 52.3 Å². The molecule has 0 saturated heterocycles. The van der Waals surface area contributed by atoms with Crippen molar-refractivity contribution < 1.29 is 14.3 Å². The largest absolute Gasteiger partial charge is 0.494 e. The molecule has 0 spiro atoms. The molecule has 5 nitrogen and oxygen atoms in total. The van der Waals surface area contributed by atoms with E-state index in [1.54, 1.807) is 0 Å². The molecule has 5 aromatic rings. The molecule has 0 aliphatic rings. The Morgan fingerprint density at radius 2 is 0.867 bits per heavy atom. The van der Waals surface area contributed by atoms with Crippen LogP contribution in [0, 0.1) is 5.92 Å². The van der Waals surface area contributed by atoms with E-state index in [1.807, 2.05) is 146 Å². The van der Waals surface area contributed by atoms with E-state index in [0.717, 1.165) is 40.0 Å². The molecule has 0 fully saturated rings. The Kier molecular flexibility index (Phi) is 10.8. The highest BCUT2D eigenvalue weighted by Crippen LogP contribution is 2.29. The molecule has 0 bridgehead atoms. The lowest BCUT2D eigenvalue weighted by molar-refractivity contribution is -0.125. The van der Waals surface area contributed by atoms with Gasteiger partial charge in [0, 0.05) is 0 Å². The maximum absolute atomic E-state index is 14.2. The van der Waals surface area contributed by atoms with E-state index in [0.29, 0.717) is 12.5 Å². The third-order valence-electron chi connectivity index (χ3n) is 7.81. The number of benzene rings is 5. The molecule has 5 heteroatoms. The molecule has 5 rings (SSSR count). The summed E-state index contributed by atoms with van der Waals surface area (Å²) in [5, 5.41) is 6.37. The molecule has 0 aromatic heterocycles. The van der Waals surface area contributed by atoms with Crippen molar-refractivity contribution in [1.82, 2.24) is 10.6 Å². The number of ether oxygens (including phenoxy) is 1. The molecule has 228 valence electrons. The van der Waals surface area contributed by atoms with Gasteiger partial charge in [-0.1, -0.05) is 147 Å². The van der Waals surface area contributed by atoms with E-state index in [1.165, 1.54) is 0 Å². The maximum atomic E-state index is 14.2. The summed E-state index contributed by atoms with van der Waals surface area (Å²) >= 11 is 0. The van der Waals surface area contributed by atoms with Crippen molar-refractivity contribution in [2.24, 2.45) is 5.92 Å². The van der Waals surface area contributed by atoms with E-state index >= 15 is 0 Å². The first kappa shape index (κ1) is 31.3. The van der Waals surface area contributed by atoms with Gasteiger partial charge in [0.15, 0.2) is 0 Å². The Labute approximate surface area is 266 Å². The molecule has 0 unspecified atom stereocenters. The first-order valence-corrected chi connectivity index (χ1v) is 15.5. The van der Waals surface area contributed by atoms with Gasteiger partial charge >= 0.3 is 0 Å². The third-order valence-corrected chi connectivity index (χ3v) is 7.81. The first-order valence-electron chi connectivity index (χ1n) is 15.5. The molecule has 0 aliphatic carbocycles.